The lowest BCUT2D eigenvalue weighted by Crippen LogP contribution is -2.11. The van der Waals surface area contributed by atoms with Crippen LogP contribution in [0.3, 0.4) is 0 Å². The zero-order chi connectivity index (χ0) is 14.2. The van der Waals surface area contributed by atoms with E-state index in [1.54, 1.807) is 0 Å². The topological polar surface area (TPSA) is 26.1 Å². The third-order valence-electron chi connectivity index (χ3n) is 3.85. The molecule has 0 unspecified atom stereocenters. The summed E-state index contributed by atoms with van der Waals surface area (Å²) in [6.07, 6.45) is 0. The minimum atomic E-state index is 0.652. The molecule has 0 aliphatic heterocycles. The number of benzene rings is 3. The second-order valence-electron chi connectivity index (χ2n) is 5.07. The molecule has 3 aromatic rings. The lowest BCUT2D eigenvalue weighted by molar-refractivity contribution is -0.359. The Kier molecular flexibility index (Phi) is 2.61. The summed E-state index contributed by atoms with van der Waals surface area (Å²) in [5, 5.41) is 12.9. The van der Waals surface area contributed by atoms with Gasteiger partial charge in [-0.2, -0.15) is 4.74 Å². The minimum Gasteiger partial charge on any atom is -0.618 e. The van der Waals surface area contributed by atoms with E-state index in [9.17, 15) is 5.21 Å². The van der Waals surface area contributed by atoms with Crippen molar-refractivity contribution in [2.75, 3.05) is 0 Å². The van der Waals surface area contributed by atoms with Gasteiger partial charge in [-0.1, -0.05) is 54.6 Å². The quantitative estimate of drug-likeness (QED) is 0.287. The molecule has 0 fully saturated rings. The second-order valence-corrected chi connectivity index (χ2v) is 5.07. The number of nitrogens with zero attached hydrogens (tertiary/aromatic N) is 1. The van der Waals surface area contributed by atoms with E-state index in [2.05, 4.69) is 12.1 Å². The van der Waals surface area contributed by atoms with Crippen LogP contribution in [0.15, 0.2) is 78.9 Å². The molecule has 0 saturated carbocycles. The minimum absolute atomic E-state index is 0.652. The van der Waals surface area contributed by atoms with Gasteiger partial charge >= 0.3 is 0 Å². The number of fused-ring (bicyclic) bond motifs is 3. The highest BCUT2D eigenvalue weighted by Crippen LogP contribution is 2.37. The Balaban J connectivity index is 2.06. The summed E-state index contributed by atoms with van der Waals surface area (Å²) in [7, 11) is 0. The number of hydrogen-bond acceptors (Lipinski definition) is 1. The maximum atomic E-state index is 12.9. The van der Waals surface area contributed by atoms with Gasteiger partial charge in [0, 0.05) is 12.1 Å². The van der Waals surface area contributed by atoms with Gasteiger partial charge in [-0.25, -0.2) is 0 Å². The monoisotopic (exact) mass is 271 g/mol. The SMILES string of the molecule is [O-][N+](=C1c2ccccc2-c2ccccc21)c1ccccc1. The largest absolute Gasteiger partial charge is 0.618 e. The normalized spacial score (nSPS) is 11.9. The third kappa shape index (κ3) is 1.77. The first-order valence-corrected chi connectivity index (χ1v) is 6.95. The van der Waals surface area contributed by atoms with E-state index in [1.165, 1.54) is 0 Å². The number of para-hydroxylation sites is 1. The molecule has 0 spiro atoms. The van der Waals surface area contributed by atoms with Crippen LogP contribution in [0.4, 0.5) is 5.69 Å². The van der Waals surface area contributed by atoms with Gasteiger partial charge in [0.15, 0.2) is 0 Å². The van der Waals surface area contributed by atoms with Crippen molar-refractivity contribution in [1.82, 2.24) is 0 Å². The van der Waals surface area contributed by atoms with Crippen LogP contribution in [0.5, 0.6) is 0 Å². The molecule has 0 amide bonds. The van der Waals surface area contributed by atoms with E-state index in [0.717, 1.165) is 32.7 Å². The van der Waals surface area contributed by atoms with Crippen LogP contribution in [0.25, 0.3) is 11.1 Å². The molecule has 1 aliphatic rings. The van der Waals surface area contributed by atoms with Crippen molar-refractivity contribution in [1.29, 1.82) is 0 Å². The predicted octanol–water partition coefficient (Wildman–Crippen LogP) is 4.35. The molecule has 0 bridgehead atoms. The van der Waals surface area contributed by atoms with Crippen LogP contribution in [-0.4, -0.2) is 10.5 Å². The fraction of sp³-hybridized carbons (Fsp3) is 0. The van der Waals surface area contributed by atoms with E-state index in [0.29, 0.717) is 5.69 Å². The maximum absolute atomic E-state index is 12.9. The summed E-state index contributed by atoms with van der Waals surface area (Å²) in [5.74, 6) is 0. The molecule has 1 aliphatic carbocycles. The van der Waals surface area contributed by atoms with Crippen molar-refractivity contribution in [2.24, 2.45) is 0 Å². The van der Waals surface area contributed by atoms with Crippen LogP contribution in [0.2, 0.25) is 0 Å². The zero-order valence-electron chi connectivity index (χ0n) is 11.4. The number of rotatable bonds is 1. The Hall–Kier alpha value is -2.87. The molecule has 0 N–H and O–H groups in total. The van der Waals surface area contributed by atoms with Gasteiger partial charge in [-0.15, -0.1) is 0 Å². The Bertz CT molecular complexity index is 803. The Labute approximate surface area is 123 Å². The number of hydrogen-bond donors (Lipinski definition) is 0. The summed E-state index contributed by atoms with van der Waals surface area (Å²) >= 11 is 0. The lowest BCUT2D eigenvalue weighted by Gasteiger charge is -2.08. The standard InChI is InChI=1S/C19H13NO/c21-20(14-8-2-1-3-9-14)19-17-12-6-4-10-15(17)16-11-5-7-13-18(16)19/h1-13H. The van der Waals surface area contributed by atoms with Crippen LogP contribution in [0, 0.1) is 5.21 Å². The molecule has 2 nitrogen and oxygen atoms in total. The first kappa shape index (κ1) is 11.9. The Morgan fingerprint density at radius 1 is 0.524 bits per heavy atom. The van der Waals surface area contributed by atoms with Crippen LogP contribution in [-0.2, 0) is 0 Å². The van der Waals surface area contributed by atoms with Crippen LogP contribution in [0.1, 0.15) is 11.1 Å². The van der Waals surface area contributed by atoms with Crippen LogP contribution >= 0.6 is 0 Å². The molecule has 0 radical (unpaired) electrons. The molecule has 3 aromatic carbocycles. The molecule has 0 saturated heterocycles. The van der Waals surface area contributed by atoms with E-state index >= 15 is 0 Å². The van der Waals surface area contributed by atoms with Gasteiger partial charge in [-0.3, -0.25) is 0 Å². The molecule has 0 aromatic heterocycles. The van der Waals surface area contributed by atoms with E-state index in [4.69, 9.17) is 0 Å². The summed E-state index contributed by atoms with van der Waals surface area (Å²) in [6, 6.07) is 25.5. The first-order chi connectivity index (χ1) is 10.4. The van der Waals surface area contributed by atoms with E-state index in [-0.39, 0.29) is 0 Å². The molecule has 21 heavy (non-hydrogen) atoms. The van der Waals surface area contributed by atoms with Crippen molar-refractivity contribution in [2.45, 2.75) is 0 Å². The van der Waals surface area contributed by atoms with Gasteiger partial charge < -0.3 is 5.21 Å². The van der Waals surface area contributed by atoms with Crippen molar-refractivity contribution >= 4 is 11.4 Å². The van der Waals surface area contributed by atoms with Crippen molar-refractivity contribution in [3.8, 4) is 11.1 Å². The maximum Gasteiger partial charge on any atom is 0.232 e. The molecular weight excluding hydrogens is 258 g/mol. The first-order valence-electron chi connectivity index (χ1n) is 6.95. The summed E-state index contributed by atoms with van der Waals surface area (Å²) < 4.78 is 1.03. The van der Waals surface area contributed by atoms with Gasteiger partial charge in [0.05, 0.1) is 11.1 Å². The zero-order valence-corrected chi connectivity index (χ0v) is 11.4. The van der Waals surface area contributed by atoms with Crippen molar-refractivity contribution < 1.29 is 4.74 Å². The Morgan fingerprint density at radius 2 is 0.952 bits per heavy atom. The van der Waals surface area contributed by atoms with Crippen LogP contribution < -0.4 is 0 Å². The molecule has 4 rings (SSSR count). The van der Waals surface area contributed by atoms with Crippen molar-refractivity contribution in [3.63, 3.8) is 0 Å². The fourth-order valence-electron chi connectivity index (χ4n) is 2.91. The highest BCUT2D eigenvalue weighted by molar-refractivity contribution is 6.22. The average Bonchev–Trinajstić information content (AvgIpc) is 2.90. The summed E-state index contributed by atoms with van der Waals surface area (Å²) in [5.41, 5.74) is 5.63. The lowest BCUT2D eigenvalue weighted by atomic mass is 10.1. The van der Waals surface area contributed by atoms with Gasteiger partial charge in [0.25, 0.3) is 0 Å². The molecule has 100 valence electrons. The molecule has 0 atom stereocenters. The fourth-order valence-corrected chi connectivity index (χ4v) is 2.91. The van der Waals surface area contributed by atoms with Gasteiger partial charge in [-0.05, 0) is 23.3 Å². The molecule has 0 heterocycles. The molecule has 2 heteroatoms. The average molecular weight is 271 g/mol. The van der Waals surface area contributed by atoms with E-state index < -0.39 is 0 Å². The second kappa shape index (κ2) is 4.60. The van der Waals surface area contributed by atoms with Gasteiger partial charge in [0.2, 0.25) is 11.4 Å². The van der Waals surface area contributed by atoms with Gasteiger partial charge in [0.1, 0.15) is 0 Å². The smallest absolute Gasteiger partial charge is 0.232 e. The third-order valence-corrected chi connectivity index (χ3v) is 3.85. The van der Waals surface area contributed by atoms with Crippen molar-refractivity contribution in [3.05, 3.63) is 95.2 Å². The summed E-state index contributed by atoms with van der Waals surface area (Å²) in [4.78, 5) is 0. The predicted molar refractivity (Wildman–Crippen MR) is 84.8 cm³/mol. The van der Waals surface area contributed by atoms with E-state index in [1.807, 2.05) is 66.7 Å². The highest BCUT2D eigenvalue weighted by Gasteiger charge is 2.30. The molecular formula is C19H13NO. The highest BCUT2D eigenvalue weighted by atomic mass is 16.5. The summed E-state index contributed by atoms with van der Waals surface area (Å²) in [6.45, 7) is 0. The Morgan fingerprint density at radius 3 is 1.48 bits per heavy atom.